The number of benzene rings is 1. The minimum atomic E-state index is -0.357. The van der Waals surface area contributed by atoms with Crippen molar-refractivity contribution in [2.24, 2.45) is 0 Å². The van der Waals surface area contributed by atoms with Gasteiger partial charge in [0.05, 0.1) is 13.7 Å². The standard InChI is InChI=1S/C15H20FNO3/c1-3-20-15(18)12-7-5-9-17(12)10-11-6-4-8-13(19-2)14(11)16/h4,6,8,12H,3,5,7,9-10H2,1-2H3. The third kappa shape index (κ3) is 3.10. The van der Waals surface area contributed by atoms with E-state index in [1.807, 2.05) is 4.90 Å². The Balaban J connectivity index is 2.11. The second-order valence-corrected chi connectivity index (χ2v) is 4.81. The average molecular weight is 281 g/mol. The molecule has 1 atom stereocenters. The summed E-state index contributed by atoms with van der Waals surface area (Å²) in [5.41, 5.74) is 0.542. The molecule has 1 fully saturated rings. The van der Waals surface area contributed by atoms with E-state index in [0.717, 1.165) is 19.4 Å². The number of likely N-dealkylation sites (tertiary alicyclic amines) is 1. The van der Waals surface area contributed by atoms with E-state index in [9.17, 15) is 9.18 Å². The molecule has 20 heavy (non-hydrogen) atoms. The quantitative estimate of drug-likeness (QED) is 0.777. The molecule has 1 heterocycles. The van der Waals surface area contributed by atoms with E-state index < -0.39 is 0 Å². The van der Waals surface area contributed by atoms with Gasteiger partial charge in [0.2, 0.25) is 0 Å². The number of carbonyl (C=O) groups excluding carboxylic acids is 1. The van der Waals surface area contributed by atoms with Crippen LogP contribution in [0.3, 0.4) is 0 Å². The lowest BCUT2D eigenvalue weighted by Crippen LogP contribution is -2.37. The predicted octanol–water partition coefficient (Wildman–Crippen LogP) is 2.36. The van der Waals surface area contributed by atoms with Gasteiger partial charge in [-0.25, -0.2) is 4.39 Å². The minimum absolute atomic E-state index is 0.215. The Morgan fingerprint density at radius 3 is 3.00 bits per heavy atom. The Hall–Kier alpha value is -1.62. The van der Waals surface area contributed by atoms with Crippen LogP contribution in [0.25, 0.3) is 0 Å². The van der Waals surface area contributed by atoms with Gasteiger partial charge in [-0.3, -0.25) is 9.69 Å². The van der Waals surface area contributed by atoms with E-state index in [1.54, 1.807) is 25.1 Å². The van der Waals surface area contributed by atoms with Gasteiger partial charge in [-0.2, -0.15) is 0 Å². The van der Waals surface area contributed by atoms with Crippen molar-refractivity contribution in [2.45, 2.75) is 32.4 Å². The molecule has 5 heteroatoms. The number of esters is 1. The van der Waals surface area contributed by atoms with Gasteiger partial charge in [-0.15, -0.1) is 0 Å². The van der Waals surface area contributed by atoms with Crippen LogP contribution < -0.4 is 4.74 Å². The molecule has 1 saturated heterocycles. The molecule has 1 aromatic carbocycles. The fraction of sp³-hybridized carbons (Fsp3) is 0.533. The number of halogens is 1. The zero-order chi connectivity index (χ0) is 14.5. The zero-order valence-electron chi connectivity index (χ0n) is 11.9. The van der Waals surface area contributed by atoms with E-state index in [0.29, 0.717) is 18.7 Å². The summed E-state index contributed by atoms with van der Waals surface area (Å²) in [7, 11) is 1.44. The van der Waals surface area contributed by atoms with E-state index in [-0.39, 0.29) is 23.6 Å². The maximum Gasteiger partial charge on any atom is 0.323 e. The van der Waals surface area contributed by atoms with Gasteiger partial charge in [0.1, 0.15) is 6.04 Å². The first-order chi connectivity index (χ1) is 9.67. The third-order valence-corrected chi connectivity index (χ3v) is 3.56. The highest BCUT2D eigenvalue weighted by molar-refractivity contribution is 5.76. The number of rotatable bonds is 5. The van der Waals surface area contributed by atoms with E-state index >= 15 is 0 Å². The molecule has 0 saturated carbocycles. The molecule has 1 aliphatic heterocycles. The van der Waals surface area contributed by atoms with E-state index in [4.69, 9.17) is 9.47 Å². The normalized spacial score (nSPS) is 19.1. The molecule has 0 N–H and O–H groups in total. The number of ether oxygens (including phenoxy) is 2. The zero-order valence-corrected chi connectivity index (χ0v) is 11.9. The van der Waals surface area contributed by atoms with Crippen LogP contribution in [0.5, 0.6) is 5.75 Å². The van der Waals surface area contributed by atoms with Gasteiger partial charge in [-0.1, -0.05) is 12.1 Å². The van der Waals surface area contributed by atoms with Crippen LogP contribution >= 0.6 is 0 Å². The first kappa shape index (κ1) is 14.8. The van der Waals surface area contributed by atoms with Gasteiger partial charge in [0, 0.05) is 12.1 Å². The van der Waals surface area contributed by atoms with Crippen LogP contribution in [-0.4, -0.2) is 37.2 Å². The van der Waals surface area contributed by atoms with Gasteiger partial charge in [0.15, 0.2) is 11.6 Å². The highest BCUT2D eigenvalue weighted by Gasteiger charge is 2.32. The van der Waals surface area contributed by atoms with Gasteiger partial charge >= 0.3 is 5.97 Å². The van der Waals surface area contributed by atoms with Gasteiger partial charge < -0.3 is 9.47 Å². The van der Waals surface area contributed by atoms with Crippen molar-refractivity contribution in [3.8, 4) is 5.75 Å². The molecule has 0 radical (unpaired) electrons. The Morgan fingerprint density at radius 2 is 2.30 bits per heavy atom. The molecule has 2 rings (SSSR count). The lowest BCUT2D eigenvalue weighted by molar-refractivity contribution is -0.148. The second-order valence-electron chi connectivity index (χ2n) is 4.81. The minimum Gasteiger partial charge on any atom is -0.494 e. The first-order valence-electron chi connectivity index (χ1n) is 6.89. The molecule has 0 spiro atoms. The van der Waals surface area contributed by atoms with Crippen LogP contribution in [0.4, 0.5) is 4.39 Å². The smallest absolute Gasteiger partial charge is 0.323 e. The topological polar surface area (TPSA) is 38.8 Å². The molecule has 1 aliphatic rings. The lowest BCUT2D eigenvalue weighted by Gasteiger charge is -2.23. The van der Waals surface area contributed by atoms with Crippen molar-refractivity contribution in [1.29, 1.82) is 0 Å². The van der Waals surface area contributed by atoms with Crippen molar-refractivity contribution < 1.29 is 18.7 Å². The highest BCUT2D eigenvalue weighted by atomic mass is 19.1. The number of nitrogens with zero attached hydrogens (tertiary/aromatic N) is 1. The fourth-order valence-corrected chi connectivity index (χ4v) is 2.58. The molecule has 0 bridgehead atoms. The SMILES string of the molecule is CCOC(=O)C1CCCN1Cc1cccc(OC)c1F. The Kier molecular flexibility index (Phi) is 4.95. The van der Waals surface area contributed by atoms with Crippen molar-refractivity contribution in [3.05, 3.63) is 29.6 Å². The maximum absolute atomic E-state index is 14.1. The Labute approximate surface area is 118 Å². The van der Waals surface area contributed by atoms with Crippen LogP contribution in [0.1, 0.15) is 25.3 Å². The van der Waals surface area contributed by atoms with Crippen molar-refractivity contribution in [3.63, 3.8) is 0 Å². The lowest BCUT2D eigenvalue weighted by atomic mass is 10.1. The third-order valence-electron chi connectivity index (χ3n) is 3.56. The fourth-order valence-electron chi connectivity index (χ4n) is 2.58. The monoisotopic (exact) mass is 281 g/mol. The summed E-state index contributed by atoms with van der Waals surface area (Å²) in [6.07, 6.45) is 1.69. The molecule has 0 aliphatic carbocycles. The summed E-state index contributed by atoms with van der Waals surface area (Å²) in [6, 6.07) is 4.80. The van der Waals surface area contributed by atoms with Gasteiger partial charge in [0.25, 0.3) is 0 Å². The largest absolute Gasteiger partial charge is 0.494 e. The Bertz CT molecular complexity index is 478. The number of methoxy groups -OCH3 is 1. The summed E-state index contributed by atoms with van der Waals surface area (Å²) < 4.78 is 24.2. The molecular weight excluding hydrogens is 261 g/mol. The summed E-state index contributed by atoms with van der Waals surface area (Å²) in [4.78, 5) is 13.8. The van der Waals surface area contributed by atoms with Crippen LogP contribution in [0.15, 0.2) is 18.2 Å². The van der Waals surface area contributed by atoms with Crippen LogP contribution in [-0.2, 0) is 16.1 Å². The molecule has 1 unspecified atom stereocenters. The second kappa shape index (κ2) is 6.70. The van der Waals surface area contributed by atoms with E-state index in [2.05, 4.69) is 0 Å². The Morgan fingerprint density at radius 1 is 1.50 bits per heavy atom. The van der Waals surface area contributed by atoms with Gasteiger partial charge in [-0.05, 0) is 32.4 Å². The predicted molar refractivity (Wildman–Crippen MR) is 73.0 cm³/mol. The number of hydrogen-bond acceptors (Lipinski definition) is 4. The molecular formula is C15H20FNO3. The van der Waals surface area contributed by atoms with E-state index in [1.165, 1.54) is 7.11 Å². The molecule has 0 amide bonds. The molecule has 1 aromatic rings. The van der Waals surface area contributed by atoms with Crippen LogP contribution in [0.2, 0.25) is 0 Å². The van der Waals surface area contributed by atoms with Crippen molar-refractivity contribution in [2.75, 3.05) is 20.3 Å². The summed E-state index contributed by atoms with van der Waals surface area (Å²) in [5.74, 6) is -0.341. The molecule has 4 nitrogen and oxygen atoms in total. The summed E-state index contributed by atoms with van der Waals surface area (Å²) in [5, 5.41) is 0. The number of carbonyl (C=O) groups is 1. The molecule has 110 valence electrons. The molecule has 0 aromatic heterocycles. The highest BCUT2D eigenvalue weighted by Crippen LogP contribution is 2.25. The average Bonchev–Trinajstić information content (AvgIpc) is 2.90. The van der Waals surface area contributed by atoms with Crippen LogP contribution in [0, 0.1) is 5.82 Å². The van der Waals surface area contributed by atoms with Crippen molar-refractivity contribution >= 4 is 5.97 Å². The number of hydrogen-bond donors (Lipinski definition) is 0. The summed E-state index contributed by atoms with van der Waals surface area (Å²) in [6.45, 7) is 3.34. The van der Waals surface area contributed by atoms with Crippen molar-refractivity contribution in [1.82, 2.24) is 4.90 Å². The summed E-state index contributed by atoms with van der Waals surface area (Å²) >= 11 is 0. The first-order valence-corrected chi connectivity index (χ1v) is 6.89. The maximum atomic E-state index is 14.1.